The Labute approximate surface area is 194 Å². The van der Waals surface area contributed by atoms with E-state index in [1.165, 1.54) is 11.8 Å². The maximum Gasteiger partial charge on any atom is 0.338 e. The molecule has 0 aliphatic carbocycles. The molecule has 0 bridgehead atoms. The van der Waals surface area contributed by atoms with Crippen molar-refractivity contribution in [2.75, 3.05) is 13.1 Å². The molecule has 1 aromatic carbocycles. The number of esters is 1. The number of aliphatic imine (C=N–C) groups is 1. The van der Waals surface area contributed by atoms with Crippen molar-refractivity contribution in [1.82, 2.24) is 9.80 Å². The number of carbonyl (C=O) groups is 2. The number of fused-ring (bicyclic) bond motifs is 1. The highest BCUT2D eigenvalue weighted by atomic mass is 32.2. The second-order valence-electron chi connectivity index (χ2n) is 9.52. The van der Waals surface area contributed by atoms with E-state index in [0.29, 0.717) is 17.7 Å². The number of amidine groups is 1. The van der Waals surface area contributed by atoms with E-state index in [9.17, 15) is 9.59 Å². The number of allylic oxidation sites excluding steroid dienone is 1. The quantitative estimate of drug-likeness (QED) is 0.605. The summed E-state index contributed by atoms with van der Waals surface area (Å²) in [5, 5.41) is 2.80. The number of hydrogen-bond acceptors (Lipinski definition) is 6. The van der Waals surface area contributed by atoms with Crippen LogP contribution in [0.4, 0.5) is 0 Å². The highest BCUT2D eigenvalue weighted by molar-refractivity contribution is 8.16. The number of hydrogen-bond donors (Lipinski definition) is 0. The Balaban J connectivity index is 1.74. The fourth-order valence-corrected chi connectivity index (χ4v) is 5.35. The van der Waals surface area contributed by atoms with E-state index < -0.39 is 5.60 Å². The van der Waals surface area contributed by atoms with Crippen LogP contribution in [-0.2, 0) is 14.3 Å². The van der Waals surface area contributed by atoms with E-state index in [1.807, 2.05) is 69.2 Å². The van der Waals surface area contributed by atoms with Crippen LogP contribution in [0.15, 0.2) is 51.6 Å². The van der Waals surface area contributed by atoms with Gasteiger partial charge in [-0.25, -0.2) is 9.79 Å². The second-order valence-corrected chi connectivity index (χ2v) is 10.4. The molecule has 1 unspecified atom stereocenters. The molecule has 3 aliphatic rings. The van der Waals surface area contributed by atoms with E-state index >= 15 is 0 Å². The summed E-state index contributed by atoms with van der Waals surface area (Å²) in [5.41, 5.74) is 3.55. The van der Waals surface area contributed by atoms with Crippen molar-refractivity contribution < 1.29 is 14.3 Å². The number of benzene rings is 1. The lowest BCUT2D eigenvalue weighted by Crippen LogP contribution is -2.39. The number of rotatable bonds is 4. The third-order valence-corrected chi connectivity index (χ3v) is 6.78. The summed E-state index contributed by atoms with van der Waals surface area (Å²) in [7, 11) is 0. The summed E-state index contributed by atoms with van der Waals surface area (Å²) in [6, 6.07) is 7.69. The molecule has 7 heteroatoms. The van der Waals surface area contributed by atoms with Crippen molar-refractivity contribution in [3.63, 3.8) is 0 Å². The molecule has 0 spiro atoms. The van der Waals surface area contributed by atoms with Crippen molar-refractivity contribution in [1.29, 1.82) is 0 Å². The lowest BCUT2D eigenvalue weighted by Gasteiger charge is -2.38. The summed E-state index contributed by atoms with van der Waals surface area (Å²) in [6.07, 6.45) is 2.42. The molecule has 6 nitrogen and oxygen atoms in total. The largest absolute Gasteiger partial charge is 0.456 e. The van der Waals surface area contributed by atoms with E-state index in [1.54, 1.807) is 0 Å². The van der Waals surface area contributed by atoms with E-state index in [4.69, 9.17) is 9.73 Å². The molecule has 0 aromatic heterocycles. The van der Waals surface area contributed by atoms with Crippen LogP contribution >= 0.6 is 11.8 Å². The summed E-state index contributed by atoms with van der Waals surface area (Å²) < 4.78 is 5.79. The molecular formula is C25H31N3O3S. The maximum absolute atomic E-state index is 13.4. The van der Waals surface area contributed by atoms with Gasteiger partial charge in [0.2, 0.25) is 5.91 Å². The van der Waals surface area contributed by atoms with Crippen LogP contribution < -0.4 is 0 Å². The van der Waals surface area contributed by atoms with Gasteiger partial charge in [-0.1, -0.05) is 36.0 Å². The highest BCUT2D eigenvalue weighted by Crippen LogP contribution is 2.46. The van der Waals surface area contributed by atoms with Crippen molar-refractivity contribution in [3.8, 4) is 0 Å². The summed E-state index contributed by atoms with van der Waals surface area (Å²) in [4.78, 5) is 35.1. The van der Waals surface area contributed by atoms with E-state index in [2.05, 4.69) is 4.90 Å². The first kappa shape index (κ1) is 22.6. The van der Waals surface area contributed by atoms with Gasteiger partial charge in [0.15, 0.2) is 5.17 Å². The second kappa shape index (κ2) is 8.77. The molecule has 1 fully saturated rings. The Hall–Kier alpha value is -2.54. The average molecular weight is 454 g/mol. The maximum atomic E-state index is 13.4. The lowest BCUT2D eigenvalue weighted by molar-refractivity contribution is -0.150. The Kier molecular flexibility index (Phi) is 6.21. The normalized spacial score (nSPS) is 20.8. The van der Waals surface area contributed by atoms with Crippen molar-refractivity contribution >= 4 is 28.8 Å². The van der Waals surface area contributed by atoms with Gasteiger partial charge >= 0.3 is 5.97 Å². The first-order chi connectivity index (χ1) is 15.2. The third kappa shape index (κ3) is 4.49. The number of likely N-dealkylation sites (tertiary alicyclic amines) is 1. The summed E-state index contributed by atoms with van der Waals surface area (Å²) >= 11 is 1.51. The predicted octanol–water partition coefficient (Wildman–Crippen LogP) is 4.92. The monoisotopic (exact) mass is 453 g/mol. The van der Waals surface area contributed by atoms with Crippen LogP contribution in [0.3, 0.4) is 0 Å². The fourth-order valence-electron chi connectivity index (χ4n) is 4.38. The molecule has 0 N–H and O–H groups in total. The van der Waals surface area contributed by atoms with Gasteiger partial charge in [0.05, 0.1) is 23.7 Å². The first-order valence-electron chi connectivity index (χ1n) is 11.2. The zero-order chi connectivity index (χ0) is 23.0. The van der Waals surface area contributed by atoms with Gasteiger partial charge in [-0.2, -0.15) is 0 Å². The number of aryl methyl sites for hydroxylation is 1. The molecule has 1 atom stereocenters. The van der Waals surface area contributed by atoms with Crippen molar-refractivity contribution in [2.24, 2.45) is 4.99 Å². The molecule has 1 saturated heterocycles. The lowest BCUT2D eigenvalue weighted by atomic mass is 9.91. The zero-order valence-electron chi connectivity index (χ0n) is 19.5. The van der Waals surface area contributed by atoms with Gasteiger partial charge in [0.25, 0.3) is 0 Å². The Morgan fingerprint density at radius 1 is 1.16 bits per heavy atom. The zero-order valence-corrected chi connectivity index (χ0v) is 20.3. The number of nitrogens with zero attached hydrogens (tertiary/aromatic N) is 3. The number of thioether (sulfide) groups is 1. The smallest absolute Gasteiger partial charge is 0.338 e. The topological polar surface area (TPSA) is 62.2 Å². The van der Waals surface area contributed by atoms with E-state index in [0.717, 1.165) is 47.9 Å². The molecule has 1 aromatic rings. The van der Waals surface area contributed by atoms with Crippen LogP contribution in [-0.4, -0.2) is 45.5 Å². The summed E-state index contributed by atoms with van der Waals surface area (Å²) in [6.45, 7) is 11.2. The molecule has 3 aliphatic heterocycles. The van der Waals surface area contributed by atoms with Crippen LogP contribution in [0.5, 0.6) is 0 Å². The van der Waals surface area contributed by atoms with Crippen molar-refractivity contribution in [2.45, 2.75) is 65.5 Å². The van der Waals surface area contributed by atoms with Gasteiger partial charge in [0.1, 0.15) is 5.60 Å². The minimum atomic E-state index is -0.616. The highest BCUT2D eigenvalue weighted by Gasteiger charge is 2.42. The molecule has 3 heterocycles. The van der Waals surface area contributed by atoms with Crippen LogP contribution in [0, 0.1) is 6.92 Å². The molecule has 1 amide bonds. The number of amides is 1. The van der Waals surface area contributed by atoms with Gasteiger partial charge in [0, 0.05) is 18.8 Å². The van der Waals surface area contributed by atoms with Crippen LogP contribution in [0.25, 0.3) is 0 Å². The Morgan fingerprint density at radius 3 is 2.50 bits per heavy atom. The minimum Gasteiger partial charge on any atom is -0.456 e. The van der Waals surface area contributed by atoms with Crippen molar-refractivity contribution in [3.05, 3.63) is 57.8 Å². The molecule has 170 valence electrons. The van der Waals surface area contributed by atoms with Gasteiger partial charge < -0.3 is 14.5 Å². The molecule has 4 rings (SSSR count). The van der Waals surface area contributed by atoms with Gasteiger partial charge in [-0.15, -0.1) is 0 Å². The van der Waals surface area contributed by atoms with Crippen LogP contribution in [0.1, 0.15) is 64.1 Å². The third-order valence-electron chi connectivity index (χ3n) is 5.89. The van der Waals surface area contributed by atoms with Gasteiger partial charge in [-0.3, -0.25) is 4.79 Å². The predicted molar refractivity (Wildman–Crippen MR) is 128 cm³/mol. The number of carbonyl (C=O) groups excluding carboxylic acids is 2. The average Bonchev–Trinajstić information content (AvgIpc) is 3.36. The van der Waals surface area contributed by atoms with Crippen LogP contribution in [0.2, 0.25) is 0 Å². The first-order valence-corrected chi connectivity index (χ1v) is 12.0. The van der Waals surface area contributed by atoms with Gasteiger partial charge in [-0.05, 0) is 64.0 Å². The fraction of sp³-hybridized carbons (Fsp3) is 0.480. The SMILES string of the molecule is CC1=C(C(=O)OC(C)(C)C)C(c2ccccc2C)N2C(CC(=O)N3CCCC3)=CSC2=N1. The number of ether oxygens (including phenoxy) is 1. The van der Waals surface area contributed by atoms with E-state index in [-0.39, 0.29) is 17.9 Å². The minimum absolute atomic E-state index is 0.129. The molecule has 32 heavy (non-hydrogen) atoms. The summed E-state index contributed by atoms with van der Waals surface area (Å²) in [5.74, 6) is -0.239. The molecule has 0 radical (unpaired) electrons. The molecular weight excluding hydrogens is 422 g/mol. The Bertz CT molecular complexity index is 1030. The Morgan fingerprint density at radius 2 is 1.84 bits per heavy atom. The molecule has 0 saturated carbocycles. The standard InChI is InChI=1S/C25H31N3O3S/c1-16-10-6-7-11-19(16)22-21(23(30)31-25(3,4)5)17(2)26-24-28(22)18(15-32-24)14-20(29)27-12-8-9-13-27/h6-7,10-11,15,22H,8-9,12-14H2,1-5H3.